The molecule has 1 heterocycles. The maximum absolute atomic E-state index is 11.5. The number of carbonyl (C=O) groups is 1. The van der Waals surface area contributed by atoms with Gasteiger partial charge in [0.15, 0.2) is 5.76 Å². The Hall–Kier alpha value is -2.63. The molecule has 1 aromatic carbocycles. The molecule has 2 rings (SSSR count). The van der Waals surface area contributed by atoms with Gasteiger partial charge >= 0.3 is 0 Å². The molecule has 0 unspecified atom stereocenters. The fourth-order valence-electron chi connectivity index (χ4n) is 1.41. The normalized spacial score (nSPS) is 10.0. The summed E-state index contributed by atoms with van der Waals surface area (Å²) in [7, 11) is 0. The summed E-state index contributed by atoms with van der Waals surface area (Å²) in [6.45, 7) is 0.289. The van der Waals surface area contributed by atoms with Crippen LogP contribution < -0.4 is 5.32 Å². The smallest absolute Gasteiger partial charge is 0.287 e. The highest BCUT2D eigenvalue weighted by Gasteiger charge is 2.08. The Kier molecular flexibility index (Phi) is 3.38. The molecule has 0 aliphatic rings. The van der Waals surface area contributed by atoms with Gasteiger partial charge in [0, 0.05) is 18.7 Å². The number of nitro benzene ring substituents is 1. The number of nitrogens with zero attached hydrogens (tertiary/aromatic N) is 1. The summed E-state index contributed by atoms with van der Waals surface area (Å²) in [6.07, 6.45) is 1.42. The summed E-state index contributed by atoms with van der Waals surface area (Å²) in [6, 6.07) is 9.18. The maximum Gasteiger partial charge on any atom is 0.287 e. The number of non-ortho nitro benzene ring substituents is 1. The Morgan fingerprint density at radius 1 is 1.28 bits per heavy atom. The first-order chi connectivity index (χ1) is 8.66. The van der Waals surface area contributed by atoms with Gasteiger partial charge in [0.2, 0.25) is 0 Å². The Bertz CT molecular complexity index is 546. The molecule has 92 valence electrons. The average Bonchev–Trinajstić information content (AvgIpc) is 2.90. The molecule has 2 aromatic rings. The van der Waals surface area contributed by atoms with Crippen molar-refractivity contribution in [2.24, 2.45) is 0 Å². The fourth-order valence-corrected chi connectivity index (χ4v) is 1.41. The lowest BCUT2D eigenvalue weighted by Crippen LogP contribution is -2.22. The molecule has 0 saturated heterocycles. The Morgan fingerprint density at radius 3 is 2.56 bits per heavy atom. The molecule has 1 amide bonds. The van der Waals surface area contributed by atoms with Crippen molar-refractivity contribution in [3.63, 3.8) is 0 Å². The van der Waals surface area contributed by atoms with E-state index in [1.807, 2.05) is 0 Å². The van der Waals surface area contributed by atoms with Crippen molar-refractivity contribution in [3.05, 3.63) is 64.1 Å². The van der Waals surface area contributed by atoms with E-state index < -0.39 is 4.92 Å². The van der Waals surface area contributed by atoms with Gasteiger partial charge in [-0.25, -0.2) is 0 Å². The number of amides is 1. The summed E-state index contributed by atoms with van der Waals surface area (Å²) >= 11 is 0. The minimum atomic E-state index is -0.467. The first-order valence-corrected chi connectivity index (χ1v) is 5.22. The second-order valence-corrected chi connectivity index (χ2v) is 3.58. The van der Waals surface area contributed by atoms with Gasteiger partial charge in [-0.3, -0.25) is 14.9 Å². The summed E-state index contributed by atoms with van der Waals surface area (Å²) in [5, 5.41) is 13.1. The van der Waals surface area contributed by atoms with Crippen LogP contribution in [0.15, 0.2) is 47.1 Å². The van der Waals surface area contributed by atoms with Crippen molar-refractivity contribution in [3.8, 4) is 0 Å². The summed E-state index contributed by atoms with van der Waals surface area (Å²) in [4.78, 5) is 21.5. The second-order valence-electron chi connectivity index (χ2n) is 3.58. The Morgan fingerprint density at radius 2 is 2.00 bits per heavy atom. The van der Waals surface area contributed by atoms with Crippen molar-refractivity contribution in [2.45, 2.75) is 6.54 Å². The quantitative estimate of drug-likeness (QED) is 0.661. The third-order valence-corrected chi connectivity index (χ3v) is 2.35. The fraction of sp³-hybridized carbons (Fsp3) is 0.0833. The monoisotopic (exact) mass is 246 g/mol. The molecular formula is C12H10N2O4. The number of benzene rings is 1. The second kappa shape index (κ2) is 5.13. The first-order valence-electron chi connectivity index (χ1n) is 5.22. The summed E-state index contributed by atoms with van der Waals surface area (Å²) < 4.78 is 4.93. The lowest BCUT2D eigenvalue weighted by molar-refractivity contribution is -0.384. The molecule has 0 radical (unpaired) electrons. The van der Waals surface area contributed by atoms with E-state index in [9.17, 15) is 14.9 Å². The van der Waals surface area contributed by atoms with E-state index in [2.05, 4.69) is 5.32 Å². The zero-order chi connectivity index (χ0) is 13.0. The zero-order valence-electron chi connectivity index (χ0n) is 9.33. The minimum Gasteiger partial charge on any atom is -0.459 e. The van der Waals surface area contributed by atoms with Crippen LogP contribution in [-0.2, 0) is 6.54 Å². The van der Waals surface area contributed by atoms with E-state index >= 15 is 0 Å². The van der Waals surface area contributed by atoms with E-state index in [1.165, 1.54) is 18.4 Å². The lowest BCUT2D eigenvalue weighted by atomic mass is 10.2. The molecular weight excluding hydrogens is 236 g/mol. The minimum absolute atomic E-state index is 0.0242. The van der Waals surface area contributed by atoms with Crippen LogP contribution in [0.25, 0.3) is 0 Å². The van der Waals surface area contributed by atoms with Crippen LogP contribution in [-0.4, -0.2) is 10.8 Å². The largest absolute Gasteiger partial charge is 0.459 e. The molecule has 1 N–H and O–H groups in total. The molecule has 0 aliphatic carbocycles. The molecule has 6 nitrogen and oxygen atoms in total. The van der Waals surface area contributed by atoms with Gasteiger partial charge in [-0.15, -0.1) is 0 Å². The molecule has 18 heavy (non-hydrogen) atoms. The van der Waals surface area contributed by atoms with Gasteiger partial charge in [0.1, 0.15) is 0 Å². The number of hydrogen-bond donors (Lipinski definition) is 1. The number of carbonyl (C=O) groups excluding carboxylic acids is 1. The van der Waals surface area contributed by atoms with E-state index in [-0.39, 0.29) is 23.9 Å². The van der Waals surface area contributed by atoms with Gasteiger partial charge in [0.05, 0.1) is 11.2 Å². The van der Waals surface area contributed by atoms with Crippen LogP contribution in [0.4, 0.5) is 5.69 Å². The molecule has 0 bridgehead atoms. The molecule has 1 aromatic heterocycles. The number of furan rings is 1. The highest BCUT2D eigenvalue weighted by molar-refractivity contribution is 5.91. The van der Waals surface area contributed by atoms with Gasteiger partial charge in [-0.2, -0.15) is 0 Å². The zero-order valence-corrected chi connectivity index (χ0v) is 9.33. The number of hydrogen-bond acceptors (Lipinski definition) is 4. The summed E-state index contributed by atoms with van der Waals surface area (Å²) in [5.74, 6) is -0.0877. The van der Waals surface area contributed by atoms with Crippen LogP contribution in [0, 0.1) is 10.1 Å². The Labute approximate surface area is 102 Å². The van der Waals surface area contributed by atoms with Crippen molar-refractivity contribution in [1.82, 2.24) is 5.32 Å². The lowest BCUT2D eigenvalue weighted by Gasteiger charge is -2.02. The van der Waals surface area contributed by atoms with Crippen molar-refractivity contribution >= 4 is 11.6 Å². The van der Waals surface area contributed by atoms with Gasteiger partial charge in [-0.1, -0.05) is 12.1 Å². The van der Waals surface area contributed by atoms with E-state index in [4.69, 9.17) is 4.42 Å². The predicted octanol–water partition coefficient (Wildman–Crippen LogP) is 2.12. The van der Waals surface area contributed by atoms with Crippen molar-refractivity contribution in [1.29, 1.82) is 0 Å². The van der Waals surface area contributed by atoms with E-state index in [0.717, 1.165) is 5.56 Å². The number of nitro groups is 1. The van der Waals surface area contributed by atoms with E-state index in [0.29, 0.717) is 0 Å². The number of nitrogens with one attached hydrogen (secondary N) is 1. The van der Waals surface area contributed by atoms with Crippen molar-refractivity contribution < 1.29 is 14.1 Å². The molecule has 6 heteroatoms. The SMILES string of the molecule is O=C(NCc1ccc([N+](=O)[O-])cc1)c1ccco1. The molecule has 0 atom stereocenters. The standard InChI is InChI=1S/C12H10N2O4/c15-12(11-2-1-7-18-11)13-8-9-3-5-10(6-4-9)14(16)17/h1-7H,8H2,(H,13,15). The van der Waals surface area contributed by atoms with Crippen LogP contribution in [0.3, 0.4) is 0 Å². The third kappa shape index (κ3) is 2.73. The van der Waals surface area contributed by atoms with Crippen LogP contribution >= 0.6 is 0 Å². The molecule has 0 spiro atoms. The third-order valence-electron chi connectivity index (χ3n) is 2.35. The average molecular weight is 246 g/mol. The first kappa shape index (κ1) is 11.8. The summed E-state index contributed by atoms with van der Waals surface area (Å²) in [5.41, 5.74) is 0.802. The van der Waals surface area contributed by atoms with Crippen LogP contribution in [0.5, 0.6) is 0 Å². The predicted molar refractivity (Wildman–Crippen MR) is 63.0 cm³/mol. The van der Waals surface area contributed by atoms with Gasteiger partial charge < -0.3 is 9.73 Å². The number of rotatable bonds is 4. The van der Waals surface area contributed by atoms with Gasteiger partial charge in [-0.05, 0) is 17.7 Å². The molecule has 0 fully saturated rings. The molecule has 0 aliphatic heterocycles. The highest BCUT2D eigenvalue weighted by atomic mass is 16.6. The van der Waals surface area contributed by atoms with E-state index in [1.54, 1.807) is 24.3 Å². The van der Waals surface area contributed by atoms with Crippen molar-refractivity contribution in [2.75, 3.05) is 0 Å². The maximum atomic E-state index is 11.5. The van der Waals surface area contributed by atoms with Gasteiger partial charge in [0.25, 0.3) is 11.6 Å². The topological polar surface area (TPSA) is 85.4 Å². The Balaban J connectivity index is 1.94. The highest BCUT2D eigenvalue weighted by Crippen LogP contribution is 2.11. The van der Waals surface area contributed by atoms with Crippen LogP contribution in [0.2, 0.25) is 0 Å². The molecule has 0 saturated carbocycles. The van der Waals surface area contributed by atoms with Crippen LogP contribution in [0.1, 0.15) is 16.1 Å².